The molecule has 1 N–H and O–H groups in total. The number of aryl methyl sites for hydroxylation is 1. The van der Waals surface area contributed by atoms with Crippen molar-refractivity contribution in [1.82, 2.24) is 5.32 Å². The van der Waals surface area contributed by atoms with Gasteiger partial charge < -0.3 is 5.32 Å². The fraction of sp³-hybridized carbons (Fsp3) is 0.150. The minimum atomic E-state index is -0.283. The molecule has 2 nitrogen and oxygen atoms in total. The third kappa shape index (κ3) is 4.30. The molecule has 3 aromatic rings. The Balaban J connectivity index is 1.74. The van der Waals surface area contributed by atoms with Gasteiger partial charge in [-0.05, 0) is 52.1 Å². The molecule has 122 valence electrons. The summed E-state index contributed by atoms with van der Waals surface area (Å²) >= 11 is 1.63. The third-order valence-corrected chi connectivity index (χ3v) is 4.59. The lowest BCUT2D eigenvalue weighted by molar-refractivity contribution is -0.121. The van der Waals surface area contributed by atoms with E-state index in [4.69, 9.17) is 0 Å². The summed E-state index contributed by atoms with van der Waals surface area (Å²) < 4.78 is 13.2. The molecule has 1 atom stereocenters. The largest absolute Gasteiger partial charge is 0.345 e. The maximum Gasteiger partial charge on any atom is 0.221 e. The maximum absolute atomic E-state index is 13.2. The molecule has 0 spiro atoms. The summed E-state index contributed by atoms with van der Waals surface area (Å²) in [5.41, 5.74) is 3.02. The first-order chi connectivity index (χ1) is 11.7. The summed E-state index contributed by atoms with van der Waals surface area (Å²) in [6.07, 6.45) is 1.15. The van der Waals surface area contributed by atoms with Crippen molar-refractivity contribution in [1.29, 1.82) is 0 Å². The molecular formula is C20H18FNOS. The van der Waals surface area contributed by atoms with Gasteiger partial charge in [0.1, 0.15) is 5.82 Å². The van der Waals surface area contributed by atoms with Crippen LogP contribution in [-0.4, -0.2) is 5.91 Å². The van der Waals surface area contributed by atoms with Crippen molar-refractivity contribution in [3.63, 3.8) is 0 Å². The zero-order valence-electron chi connectivity index (χ0n) is 13.1. The van der Waals surface area contributed by atoms with Gasteiger partial charge in [-0.1, -0.05) is 42.5 Å². The minimum Gasteiger partial charge on any atom is -0.345 e. The topological polar surface area (TPSA) is 29.1 Å². The Labute approximate surface area is 145 Å². The van der Waals surface area contributed by atoms with E-state index in [1.807, 2.05) is 41.8 Å². The molecule has 1 heterocycles. The molecule has 0 fully saturated rings. The molecule has 24 heavy (non-hydrogen) atoms. The number of hydrogen-bond acceptors (Lipinski definition) is 2. The van der Waals surface area contributed by atoms with Crippen molar-refractivity contribution in [2.24, 2.45) is 0 Å². The summed E-state index contributed by atoms with van der Waals surface area (Å²) in [7, 11) is 0. The third-order valence-electron chi connectivity index (χ3n) is 3.86. The molecule has 1 unspecified atom stereocenters. The van der Waals surface area contributed by atoms with Crippen LogP contribution in [-0.2, 0) is 11.2 Å². The minimum absolute atomic E-state index is 0.0145. The van der Waals surface area contributed by atoms with E-state index in [0.717, 1.165) is 17.5 Å². The average molecular weight is 339 g/mol. The number of benzene rings is 2. The van der Waals surface area contributed by atoms with E-state index >= 15 is 0 Å². The van der Waals surface area contributed by atoms with Gasteiger partial charge in [-0.3, -0.25) is 4.79 Å². The lowest BCUT2D eigenvalue weighted by Crippen LogP contribution is -2.29. The highest BCUT2D eigenvalue weighted by Gasteiger charge is 2.16. The van der Waals surface area contributed by atoms with E-state index in [1.54, 1.807) is 23.5 Å². The van der Waals surface area contributed by atoms with Gasteiger partial charge in [0.05, 0.1) is 6.04 Å². The zero-order valence-corrected chi connectivity index (χ0v) is 13.9. The van der Waals surface area contributed by atoms with Crippen LogP contribution in [0.25, 0.3) is 0 Å². The van der Waals surface area contributed by atoms with Crippen molar-refractivity contribution in [2.75, 3.05) is 0 Å². The summed E-state index contributed by atoms with van der Waals surface area (Å²) in [5.74, 6) is -0.297. The number of nitrogens with one attached hydrogen (secondary N) is 1. The highest BCUT2D eigenvalue weighted by Crippen LogP contribution is 2.22. The molecule has 4 heteroatoms. The van der Waals surface area contributed by atoms with Crippen molar-refractivity contribution < 1.29 is 9.18 Å². The monoisotopic (exact) mass is 339 g/mol. The van der Waals surface area contributed by atoms with E-state index in [9.17, 15) is 9.18 Å². The van der Waals surface area contributed by atoms with Gasteiger partial charge in [0, 0.05) is 6.42 Å². The first-order valence-electron chi connectivity index (χ1n) is 7.83. The fourth-order valence-electron chi connectivity index (χ4n) is 2.59. The quantitative estimate of drug-likeness (QED) is 0.691. The van der Waals surface area contributed by atoms with Crippen LogP contribution < -0.4 is 5.32 Å². The summed E-state index contributed by atoms with van der Waals surface area (Å²) in [6, 6.07) is 17.8. The van der Waals surface area contributed by atoms with Gasteiger partial charge in [-0.15, -0.1) is 0 Å². The lowest BCUT2D eigenvalue weighted by Gasteiger charge is -2.20. The van der Waals surface area contributed by atoms with Crippen molar-refractivity contribution >= 4 is 17.2 Å². The van der Waals surface area contributed by atoms with Gasteiger partial charge in [0.15, 0.2) is 0 Å². The van der Waals surface area contributed by atoms with E-state index in [0.29, 0.717) is 6.42 Å². The zero-order chi connectivity index (χ0) is 16.8. The summed E-state index contributed by atoms with van der Waals surface area (Å²) in [5, 5.41) is 7.14. The van der Waals surface area contributed by atoms with E-state index < -0.39 is 0 Å². The molecular weight excluding hydrogens is 321 g/mol. The number of carbonyl (C=O) groups excluding carboxylic acids is 1. The van der Waals surface area contributed by atoms with Crippen LogP contribution in [0.5, 0.6) is 0 Å². The molecule has 0 aliphatic heterocycles. The average Bonchev–Trinajstić information content (AvgIpc) is 3.13. The predicted molar refractivity (Wildman–Crippen MR) is 95.5 cm³/mol. The van der Waals surface area contributed by atoms with Gasteiger partial charge >= 0.3 is 0 Å². The van der Waals surface area contributed by atoms with Crippen molar-refractivity contribution in [3.05, 3.63) is 93.9 Å². The molecule has 0 saturated carbocycles. The van der Waals surface area contributed by atoms with E-state index in [2.05, 4.69) is 10.7 Å². The first kappa shape index (κ1) is 16.4. The van der Waals surface area contributed by atoms with Crippen LogP contribution in [0.4, 0.5) is 4.39 Å². The van der Waals surface area contributed by atoms with Crippen LogP contribution in [0, 0.1) is 5.82 Å². The molecule has 1 aromatic heterocycles. The lowest BCUT2D eigenvalue weighted by atomic mass is 9.98. The standard InChI is InChI=1S/C20H18FNOS/c21-18-9-7-17(8-10-18)20(16-4-2-1-3-5-16)22-19(23)11-6-15-12-13-24-14-15/h1-5,7-10,12-14,20H,6,11H2,(H,22,23). The molecule has 0 aliphatic carbocycles. The second kappa shape index (κ2) is 7.88. The van der Waals surface area contributed by atoms with Gasteiger partial charge in [0.2, 0.25) is 5.91 Å². The number of thiophene rings is 1. The molecule has 0 saturated heterocycles. The highest BCUT2D eigenvalue weighted by molar-refractivity contribution is 7.07. The summed E-state index contributed by atoms with van der Waals surface area (Å²) in [6.45, 7) is 0. The number of rotatable bonds is 6. The molecule has 1 amide bonds. The van der Waals surface area contributed by atoms with Crippen molar-refractivity contribution in [3.8, 4) is 0 Å². The van der Waals surface area contributed by atoms with Crippen LogP contribution >= 0.6 is 11.3 Å². The van der Waals surface area contributed by atoms with Gasteiger partial charge in [0.25, 0.3) is 0 Å². The van der Waals surface area contributed by atoms with Gasteiger partial charge in [-0.25, -0.2) is 4.39 Å². The summed E-state index contributed by atoms with van der Waals surface area (Å²) in [4.78, 5) is 12.4. The Kier molecular flexibility index (Phi) is 5.39. The SMILES string of the molecule is O=C(CCc1ccsc1)NC(c1ccccc1)c1ccc(F)cc1. The Bertz CT molecular complexity index is 769. The molecule has 0 radical (unpaired) electrons. The first-order valence-corrected chi connectivity index (χ1v) is 8.77. The number of carbonyl (C=O) groups is 1. The number of hydrogen-bond donors (Lipinski definition) is 1. The fourth-order valence-corrected chi connectivity index (χ4v) is 3.29. The number of halogens is 1. The van der Waals surface area contributed by atoms with Crippen LogP contribution in [0.2, 0.25) is 0 Å². The van der Waals surface area contributed by atoms with E-state index in [1.165, 1.54) is 17.7 Å². The molecule has 0 bridgehead atoms. The van der Waals surface area contributed by atoms with Crippen LogP contribution in [0.1, 0.15) is 29.2 Å². The van der Waals surface area contributed by atoms with Gasteiger partial charge in [-0.2, -0.15) is 11.3 Å². The van der Waals surface area contributed by atoms with E-state index in [-0.39, 0.29) is 17.8 Å². The predicted octanol–water partition coefficient (Wildman–Crippen LogP) is 4.73. The Hall–Kier alpha value is -2.46. The van der Waals surface area contributed by atoms with Crippen LogP contribution in [0.15, 0.2) is 71.4 Å². The normalized spacial score (nSPS) is 11.9. The Morgan fingerprint density at radius 2 is 1.71 bits per heavy atom. The smallest absolute Gasteiger partial charge is 0.221 e. The molecule has 3 rings (SSSR count). The molecule has 2 aromatic carbocycles. The molecule has 0 aliphatic rings. The maximum atomic E-state index is 13.2. The Morgan fingerprint density at radius 1 is 1.00 bits per heavy atom. The second-order valence-corrected chi connectivity index (χ2v) is 6.37. The van der Waals surface area contributed by atoms with Crippen molar-refractivity contribution in [2.45, 2.75) is 18.9 Å². The highest BCUT2D eigenvalue weighted by atomic mass is 32.1. The number of amides is 1. The Morgan fingerprint density at radius 3 is 2.38 bits per heavy atom. The second-order valence-electron chi connectivity index (χ2n) is 5.59. The van der Waals surface area contributed by atoms with Crippen LogP contribution in [0.3, 0.4) is 0 Å².